The number of ether oxygens (including phenoxy) is 1. The lowest BCUT2D eigenvalue weighted by molar-refractivity contribution is 0.116. The van der Waals surface area contributed by atoms with Gasteiger partial charge in [-0.05, 0) is 37.8 Å². The normalized spacial score (nSPS) is 17.3. The monoisotopic (exact) mass is 362 g/mol. The summed E-state index contributed by atoms with van der Waals surface area (Å²) in [5, 5.41) is 6.60. The molecule has 8 heteroatoms. The van der Waals surface area contributed by atoms with Crippen LogP contribution in [0, 0.1) is 5.82 Å². The van der Waals surface area contributed by atoms with E-state index in [1.807, 2.05) is 4.90 Å². The fraction of sp³-hybridized carbons (Fsp3) is 0.500. The number of carbonyl (C=O) groups is 1. The highest BCUT2D eigenvalue weighted by atomic mass is 19.1. The molecule has 2 heterocycles. The molecule has 1 aromatic carbocycles. The Bertz CT molecular complexity index is 737. The van der Waals surface area contributed by atoms with E-state index in [-0.39, 0.29) is 35.9 Å². The third kappa shape index (κ3) is 4.37. The molecule has 1 atom stereocenters. The molecule has 0 spiro atoms. The molecule has 1 aromatic heterocycles. The molecule has 0 aliphatic carbocycles. The number of likely N-dealkylation sites (tertiary alicyclic amines) is 1. The van der Waals surface area contributed by atoms with E-state index < -0.39 is 5.82 Å². The van der Waals surface area contributed by atoms with E-state index in [0.717, 1.165) is 32.2 Å². The largest absolute Gasteiger partial charge is 0.385 e. The number of methoxy groups -OCH3 is 1. The average Bonchev–Trinajstić information content (AvgIpc) is 3.14. The van der Waals surface area contributed by atoms with Gasteiger partial charge in [-0.1, -0.05) is 17.3 Å². The minimum Gasteiger partial charge on any atom is -0.385 e. The molecule has 3 rings (SSSR count). The van der Waals surface area contributed by atoms with E-state index in [2.05, 4.69) is 15.5 Å². The van der Waals surface area contributed by atoms with Crippen LogP contribution in [0.5, 0.6) is 0 Å². The number of aromatic nitrogens is 2. The van der Waals surface area contributed by atoms with Crippen molar-refractivity contribution in [3.8, 4) is 11.4 Å². The minimum atomic E-state index is -0.418. The fourth-order valence-electron chi connectivity index (χ4n) is 3.15. The fourth-order valence-corrected chi connectivity index (χ4v) is 3.15. The maximum atomic E-state index is 13.8. The van der Waals surface area contributed by atoms with Gasteiger partial charge in [-0.2, -0.15) is 4.98 Å². The molecule has 7 nitrogen and oxygen atoms in total. The molecule has 0 unspecified atom stereocenters. The first-order valence-corrected chi connectivity index (χ1v) is 8.80. The lowest BCUT2D eigenvalue weighted by atomic mass is 10.0. The van der Waals surface area contributed by atoms with Crippen molar-refractivity contribution in [3.63, 3.8) is 0 Å². The van der Waals surface area contributed by atoms with Gasteiger partial charge in [-0.15, -0.1) is 0 Å². The Morgan fingerprint density at radius 1 is 1.42 bits per heavy atom. The number of nitrogens with one attached hydrogen (secondary N) is 1. The van der Waals surface area contributed by atoms with Crippen LogP contribution in [-0.2, 0) is 11.3 Å². The highest BCUT2D eigenvalue weighted by Gasteiger charge is 2.26. The molecule has 2 amide bonds. The number of halogens is 1. The zero-order chi connectivity index (χ0) is 18.4. The van der Waals surface area contributed by atoms with Crippen molar-refractivity contribution >= 4 is 6.03 Å². The van der Waals surface area contributed by atoms with Gasteiger partial charge in [-0.3, -0.25) is 0 Å². The number of hydrogen-bond acceptors (Lipinski definition) is 5. The topological polar surface area (TPSA) is 80.5 Å². The molecule has 1 aliphatic rings. The molecular weight excluding hydrogens is 339 g/mol. The SMILES string of the molecule is COCC[C@@H]1CCCCN1C(=O)NCc1nc(-c2ccccc2F)no1. The first-order valence-electron chi connectivity index (χ1n) is 8.80. The maximum absolute atomic E-state index is 13.8. The van der Waals surface area contributed by atoms with Crippen LogP contribution in [0.15, 0.2) is 28.8 Å². The number of urea groups is 1. The predicted octanol–water partition coefficient (Wildman–Crippen LogP) is 2.98. The summed E-state index contributed by atoms with van der Waals surface area (Å²) in [6.07, 6.45) is 3.92. The second-order valence-corrected chi connectivity index (χ2v) is 6.27. The second-order valence-electron chi connectivity index (χ2n) is 6.27. The number of benzene rings is 1. The van der Waals surface area contributed by atoms with Crippen LogP contribution in [0.3, 0.4) is 0 Å². The summed E-state index contributed by atoms with van der Waals surface area (Å²) in [7, 11) is 1.66. The van der Waals surface area contributed by atoms with Crippen molar-refractivity contribution in [2.45, 2.75) is 38.3 Å². The number of amides is 2. The van der Waals surface area contributed by atoms with Crippen LogP contribution in [0.4, 0.5) is 9.18 Å². The van der Waals surface area contributed by atoms with Gasteiger partial charge in [0.25, 0.3) is 0 Å². The van der Waals surface area contributed by atoms with Crippen molar-refractivity contribution in [1.29, 1.82) is 0 Å². The number of rotatable bonds is 6. The van der Waals surface area contributed by atoms with Gasteiger partial charge in [0.2, 0.25) is 11.7 Å². The van der Waals surface area contributed by atoms with E-state index in [1.54, 1.807) is 25.3 Å². The molecule has 1 aliphatic heterocycles. The third-order valence-electron chi connectivity index (χ3n) is 4.52. The quantitative estimate of drug-likeness (QED) is 0.854. The molecule has 26 heavy (non-hydrogen) atoms. The Morgan fingerprint density at radius 3 is 3.08 bits per heavy atom. The lowest BCUT2D eigenvalue weighted by Gasteiger charge is -2.35. The minimum absolute atomic E-state index is 0.105. The molecule has 0 radical (unpaired) electrons. The molecule has 0 bridgehead atoms. The van der Waals surface area contributed by atoms with Gasteiger partial charge in [0.15, 0.2) is 0 Å². The van der Waals surface area contributed by atoms with Crippen molar-refractivity contribution in [3.05, 3.63) is 36.0 Å². The highest BCUT2D eigenvalue weighted by Crippen LogP contribution is 2.21. The summed E-state index contributed by atoms with van der Waals surface area (Å²) < 4.78 is 24.0. The summed E-state index contributed by atoms with van der Waals surface area (Å²) in [4.78, 5) is 18.5. The number of nitrogens with zero attached hydrogens (tertiary/aromatic N) is 3. The molecule has 1 saturated heterocycles. The van der Waals surface area contributed by atoms with Crippen LogP contribution < -0.4 is 5.32 Å². The highest BCUT2D eigenvalue weighted by molar-refractivity contribution is 5.74. The van der Waals surface area contributed by atoms with E-state index in [1.165, 1.54) is 6.07 Å². The Kier molecular flexibility index (Phi) is 6.17. The zero-order valence-electron chi connectivity index (χ0n) is 14.8. The van der Waals surface area contributed by atoms with Gasteiger partial charge in [-0.25, -0.2) is 9.18 Å². The van der Waals surface area contributed by atoms with Crippen LogP contribution in [0.2, 0.25) is 0 Å². The number of hydrogen-bond donors (Lipinski definition) is 1. The van der Waals surface area contributed by atoms with Crippen molar-refractivity contribution in [2.24, 2.45) is 0 Å². The zero-order valence-corrected chi connectivity index (χ0v) is 14.8. The summed E-state index contributed by atoms with van der Waals surface area (Å²) in [6.45, 7) is 1.46. The van der Waals surface area contributed by atoms with Crippen molar-refractivity contribution in [2.75, 3.05) is 20.3 Å². The smallest absolute Gasteiger partial charge is 0.318 e. The standard InChI is InChI=1S/C18H23FN4O3/c1-25-11-9-13-6-4-5-10-23(13)18(24)20-12-16-21-17(22-26-16)14-7-2-3-8-15(14)19/h2-3,7-8,13H,4-6,9-12H2,1H3,(H,20,24)/t13-/m0/s1. The van der Waals surface area contributed by atoms with E-state index in [9.17, 15) is 9.18 Å². The molecule has 1 fully saturated rings. The Hall–Kier alpha value is -2.48. The number of piperidine rings is 1. The first-order chi connectivity index (χ1) is 12.7. The van der Waals surface area contributed by atoms with Crippen molar-refractivity contribution < 1.29 is 18.4 Å². The first kappa shape index (κ1) is 18.3. The maximum Gasteiger partial charge on any atom is 0.318 e. The summed E-state index contributed by atoms with van der Waals surface area (Å²) in [5.74, 6) is -0.0106. The molecule has 2 aromatic rings. The van der Waals surface area contributed by atoms with Crippen LogP contribution >= 0.6 is 0 Å². The third-order valence-corrected chi connectivity index (χ3v) is 4.52. The number of carbonyl (C=O) groups excluding carboxylic acids is 1. The van der Waals surface area contributed by atoms with E-state index >= 15 is 0 Å². The van der Waals surface area contributed by atoms with Gasteiger partial charge < -0.3 is 19.5 Å². The van der Waals surface area contributed by atoms with Gasteiger partial charge in [0.1, 0.15) is 5.82 Å². The second kappa shape index (κ2) is 8.75. The van der Waals surface area contributed by atoms with Gasteiger partial charge in [0.05, 0.1) is 12.1 Å². The van der Waals surface area contributed by atoms with Crippen LogP contribution in [0.25, 0.3) is 11.4 Å². The summed E-state index contributed by atoms with van der Waals surface area (Å²) >= 11 is 0. The Morgan fingerprint density at radius 2 is 2.27 bits per heavy atom. The molecule has 140 valence electrons. The average molecular weight is 362 g/mol. The predicted molar refractivity (Wildman–Crippen MR) is 92.8 cm³/mol. The van der Waals surface area contributed by atoms with Crippen LogP contribution in [0.1, 0.15) is 31.6 Å². The van der Waals surface area contributed by atoms with Gasteiger partial charge >= 0.3 is 6.03 Å². The molecule has 0 saturated carbocycles. The van der Waals surface area contributed by atoms with E-state index in [0.29, 0.717) is 6.61 Å². The Balaban J connectivity index is 1.58. The van der Waals surface area contributed by atoms with Crippen LogP contribution in [-0.4, -0.2) is 47.4 Å². The van der Waals surface area contributed by atoms with E-state index in [4.69, 9.17) is 9.26 Å². The summed E-state index contributed by atoms with van der Waals surface area (Å²) in [5.41, 5.74) is 0.268. The summed E-state index contributed by atoms with van der Waals surface area (Å²) in [6, 6.07) is 6.24. The molecule has 1 N–H and O–H groups in total. The lowest BCUT2D eigenvalue weighted by Crippen LogP contribution is -2.48. The van der Waals surface area contributed by atoms with Crippen molar-refractivity contribution in [1.82, 2.24) is 20.4 Å². The Labute approximate surface area is 151 Å². The van der Waals surface area contributed by atoms with Gasteiger partial charge in [0, 0.05) is 26.3 Å². The molecular formula is C18H23FN4O3.